The second kappa shape index (κ2) is 7.34. The molecule has 0 aliphatic carbocycles. The number of esters is 1. The Morgan fingerprint density at radius 3 is 2.95 bits per heavy atom. The Labute approximate surface area is 110 Å². The summed E-state index contributed by atoms with van der Waals surface area (Å²) in [6, 6.07) is 5.79. The van der Waals surface area contributed by atoms with Crippen LogP contribution < -0.4 is 5.32 Å². The van der Waals surface area contributed by atoms with Gasteiger partial charge in [-0.05, 0) is 25.1 Å². The maximum Gasteiger partial charge on any atom is 0.308 e. The Morgan fingerprint density at radius 1 is 1.63 bits per heavy atom. The standard InChI is InChI=1S/C13H15FN2O3/c1-2-19-13(18)6-10(17)8-16-12-4-3-9(7-15)5-11(12)14/h3-5,10,16-17H,2,6,8H2,1H3. The molecule has 2 N–H and O–H groups in total. The minimum absolute atomic E-state index is 0.0155. The van der Waals surface area contributed by atoms with Gasteiger partial charge in [0.1, 0.15) is 5.82 Å². The maximum absolute atomic E-state index is 13.5. The van der Waals surface area contributed by atoms with Crippen LogP contribution in [0.1, 0.15) is 18.9 Å². The number of carbonyl (C=O) groups is 1. The zero-order valence-corrected chi connectivity index (χ0v) is 10.5. The minimum Gasteiger partial charge on any atom is -0.466 e. The lowest BCUT2D eigenvalue weighted by atomic mass is 10.2. The molecule has 0 spiro atoms. The third kappa shape index (κ3) is 4.94. The van der Waals surface area contributed by atoms with E-state index in [-0.39, 0.29) is 30.8 Å². The van der Waals surface area contributed by atoms with E-state index < -0.39 is 17.9 Å². The van der Waals surface area contributed by atoms with Crippen LogP contribution in [0.4, 0.5) is 10.1 Å². The number of hydrogen-bond donors (Lipinski definition) is 2. The molecule has 0 saturated carbocycles. The van der Waals surface area contributed by atoms with Gasteiger partial charge in [0.25, 0.3) is 0 Å². The number of carbonyl (C=O) groups excluding carboxylic acids is 1. The molecule has 1 unspecified atom stereocenters. The van der Waals surface area contributed by atoms with Gasteiger partial charge in [-0.15, -0.1) is 0 Å². The molecule has 0 aliphatic heterocycles. The van der Waals surface area contributed by atoms with Crippen molar-refractivity contribution in [3.63, 3.8) is 0 Å². The van der Waals surface area contributed by atoms with Crippen molar-refractivity contribution in [2.45, 2.75) is 19.4 Å². The Balaban J connectivity index is 2.48. The van der Waals surface area contributed by atoms with Crippen LogP contribution in [-0.2, 0) is 9.53 Å². The molecule has 102 valence electrons. The van der Waals surface area contributed by atoms with E-state index in [2.05, 4.69) is 10.1 Å². The summed E-state index contributed by atoms with van der Waals surface area (Å²) < 4.78 is 18.2. The first-order valence-corrected chi connectivity index (χ1v) is 5.84. The molecule has 1 aromatic rings. The van der Waals surface area contributed by atoms with Gasteiger partial charge in [0.05, 0.1) is 36.5 Å². The first-order valence-electron chi connectivity index (χ1n) is 5.84. The predicted octanol–water partition coefficient (Wildman–Crippen LogP) is 1.42. The van der Waals surface area contributed by atoms with Gasteiger partial charge in [-0.3, -0.25) is 4.79 Å². The van der Waals surface area contributed by atoms with Crippen LogP contribution in [0.2, 0.25) is 0 Å². The van der Waals surface area contributed by atoms with Crippen LogP contribution in [-0.4, -0.2) is 30.3 Å². The number of hydrogen-bond acceptors (Lipinski definition) is 5. The van der Waals surface area contributed by atoms with Crippen molar-refractivity contribution >= 4 is 11.7 Å². The summed E-state index contributed by atoms with van der Waals surface area (Å²) >= 11 is 0. The Kier molecular flexibility index (Phi) is 5.76. The summed E-state index contributed by atoms with van der Waals surface area (Å²) in [4.78, 5) is 11.1. The molecule has 0 aliphatic rings. The largest absolute Gasteiger partial charge is 0.466 e. The Morgan fingerprint density at radius 2 is 2.37 bits per heavy atom. The fourth-order valence-electron chi connectivity index (χ4n) is 1.44. The molecule has 1 rings (SSSR count). The van der Waals surface area contributed by atoms with Gasteiger partial charge in [-0.25, -0.2) is 4.39 Å². The lowest BCUT2D eigenvalue weighted by Crippen LogP contribution is -2.24. The highest BCUT2D eigenvalue weighted by Crippen LogP contribution is 2.15. The minimum atomic E-state index is -0.964. The SMILES string of the molecule is CCOC(=O)CC(O)CNc1ccc(C#N)cc1F. The number of aliphatic hydroxyl groups is 1. The average molecular weight is 266 g/mol. The van der Waals surface area contributed by atoms with Crippen LogP contribution in [0, 0.1) is 17.1 Å². The number of nitriles is 1. The fourth-order valence-corrected chi connectivity index (χ4v) is 1.44. The second-order valence-corrected chi connectivity index (χ2v) is 3.85. The zero-order chi connectivity index (χ0) is 14.3. The molecule has 0 heterocycles. The third-order valence-electron chi connectivity index (χ3n) is 2.33. The van der Waals surface area contributed by atoms with Crippen LogP contribution in [0.5, 0.6) is 0 Å². The highest BCUT2D eigenvalue weighted by molar-refractivity contribution is 5.70. The van der Waals surface area contributed by atoms with Crippen molar-refractivity contribution in [1.29, 1.82) is 5.26 Å². The molecule has 0 radical (unpaired) electrons. The summed E-state index contributed by atoms with van der Waals surface area (Å²) in [5.41, 5.74) is 0.386. The molecular weight excluding hydrogens is 251 g/mol. The number of anilines is 1. The van der Waals surface area contributed by atoms with E-state index in [0.29, 0.717) is 0 Å². The molecule has 0 fully saturated rings. The van der Waals surface area contributed by atoms with Crippen molar-refractivity contribution in [2.75, 3.05) is 18.5 Å². The summed E-state index contributed by atoms with van der Waals surface area (Å²) in [5.74, 6) is -1.08. The van der Waals surface area contributed by atoms with Gasteiger partial charge >= 0.3 is 5.97 Å². The number of nitrogens with one attached hydrogen (secondary N) is 1. The van der Waals surface area contributed by atoms with Gasteiger partial charge in [-0.1, -0.05) is 0 Å². The molecule has 1 aromatic carbocycles. The first kappa shape index (κ1) is 14.9. The molecule has 5 nitrogen and oxygen atoms in total. The topological polar surface area (TPSA) is 82.3 Å². The Hall–Kier alpha value is -2.13. The highest BCUT2D eigenvalue weighted by atomic mass is 19.1. The zero-order valence-electron chi connectivity index (χ0n) is 10.5. The van der Waals surface area contributed by atoms with Crippen molar-refractivity contribution < 1.29 is 19.0 Å². The highest BCUT2D eigenvalue weighted by Gasteiger charge is 2.12. The maximum atomic E-state index is 13.5. The third-order valence-corrected chi connectivity index (χ3v) is 2.33. The lowest BCUT2D eigenvalue weighted by molar-refractivity contribution is -0.145. The average Bonchev–Trinajstić information content (AvgIpc) is 2.37. The second-order valence-electron chi connectivity index (χ2n) is 3.85. The monoisotopic (exact) mass is 266 g/mol. The molecule has 0 bridgehead atoms. The van der Waals surface area contributed by atoms with E-state index in [1.165, 1.54) is 12.1 Å². The number of ether oxygens (including phenoxy) is 1. The molecule has 19 heavy (non-hydrogen) atoms. The summed E-state index contributed by atoms with van der Waals surface area (Å²) in [5, 5.41) is 20.8. The van der Waals surface area contributed by atoms with E-state index in [1.54, 1.807) is 6.92 Å². The molecule has 6 heteroatoms. The van der Waals surface area contributed by atoms with Crippen LogP contribution in [0.15, 0.2) is 18.2 Å². The van der Waals surface area contributed by atoms with Gasteiger partial charge in [0, 0.05) is 6.54 Å². The van der Waals surface area contributed by atoms with Gasteiger partial charge in [0.2, 0.25) is 0 Å². The number of rotatable bonds is 6. The van der Waals surface area contributed by atoms with Crippen LogP contribution in [0.3, 0.4) is 0 Å². The fraction of sp³-hybridized carbons (Fsp3) is 0.385. The van der Waals surface area contributed by atoms with E-state index in [9.17, 15) is 14.3 Å². The first-order chi connectivity index (χ1) is 9.06. The van der Waals surface area contributed by atoms with Crippen molar-refractivity contribution in [2.24, 2.45) is 0 Å². The van der Waals surface area contributed by atoms with Gasteiger partial charge in [-0.2, -0.15) is 5.26 Å². The van der Waals surface area contributed by atoms with Crippen molar-refractivity contribution in [3.05, 3.63) is 29.6 Å². The Bertz CT molecular complexity index is 485. The van der Waals surface area contributed by atoms with Crippen molar-refractivity contribution in [3.8, 4) is 6.07 Å². The van der Waals surface area contributed by atoms with E-state index in [1.807, 2.05) is 6.07 Å². The quantitative estimate of drug-likeness (QED) is 0.761. The summed E-state index contributed by atoms with van der Waals surface area (Å²) in [6.45, 7) is 1.94. The van der Waals surface area contributed by atoms with Gasteiger partial charge < -0.3 is 15.2 Å². The summed E-state index contributed by atoms with van der Waals surface area (Å²) in [6.07, 6.45) is -1.12. The van der Waals surface area contributed by atoms with Gasteiger partial charge in [0.15, 0.2) is 0 Å². The molecule has 0 aromatic heterocycles. The number of benzene rings is 1. The number of halogens is 1. The van der Waals surface area contributed by atoms with Crippen LogP contribution >= 0.6 is 0 Å². The number of nitrogens with zero attached hydrogens (tertiary/aromatic N) is 1. The molecule has 0 amide bonds. The van der Waals surface area contributed by atoms with Crippen LogP contribution in [0.25, 0.3) is 0 Å². The molecular formula is C13H15FN2O3. The molecule has 1 atom stereocenters. The van der Waals surface area contributed by atoms with E-state index in [4.69, 9.17) is 5.26 Å². The normalized spacial score (nSPS) is 11.5. The smallest absolute Gasteiger partial charge is 0.308 e. The molecule has 0 saturated heterocycles. The predicted molar refractivity (Wildman–Crippen MR) is 66.9 cm³/mol. The number of aliphatic hydroxyl groups excluding tert-OH is 1. The van der Waals surface area contributed by atoms with Crippen molar-refractivity contribution in [1.82, 2.24) is 0 Å². The lowest BCUT2D eigenvalue weighted by Gasteiger charge is -2.12. The summed E-state index contributed by atoms with van der Waals surface area (Å²) in [7, 11) is 0. The van der Waals surface area contributed by atoms with E-state index in [0.717, 1.165) is 6.07 Å². The van der Waals surface area contributed by atoms with E-state index >= 15 is 0 Å².